The summed E-state index contributed by atoms with van der Waals surface area (Å²) in [4.78, 5) is 17.3. The predicted molar refractivity (Wildman–Crippen MR) is 114 cm³/mol. The number of aromatic nitrogens is 1. The fraction of sp³-hybridized carbons (Fsp3) is 0.250. The first-order valence-electron chi connectivity index (χ1n) is 9.77. The molecule has 1 aliphatic carbocycles. The Kier molecular flexibility index (Phi) is 5.11. The van der Waals surface area contributed by atoms with E-state index in [9.17, 15) is 4.79 Å². The molecule has 0 unspecified atom stereocenters. The molecule has 28 heavy (non-hydrogen) atoms. The lowest BCUT2D eigenvalue weighted by Gasteiger charge is -2.12. The number of carbonyl (C=O) groups is 1. The lowest BCUT2D eigenvalue weighted by atomic mass is 10.0. The van der Waals surface area contributed by atoms with Gasteiger partial charge in [0.05, 0.1) is 17.3 Å². The van der Waals surface area contributed by atoms with Crippen LogP contribution in [0, 0.1) is 0 Å². The molecule has 4 rings (SSSR count). The molecule has 3 aromatic rings. The number of pyridine rings is 1. The largest absolute Gasteiger partial charge is 0.491 e. The Morgan fingerprint density at radius 2 is 1.93 bits per heavy atom. The van der Waals surface area contributed by atoms with Crippen molar-refractivity contribution < 1.29 is 9.53 Å². The molecule has 1 amide bonds. The number of para-hydroxylation sites is 1. The summed E-state index contributed by atoms with van der Waals surface area (Å²) < 4.78 is 5.64. The van der Waals surface area contributed by atoms with Gasteiger partial charge in [-0.25, -0.2) is 0 Å². The Labute approximate surface area is 165 Å². The molecule has 1 aromatic heterocycles. The summed E-state index contributed by atoms with van der Waals surface area (Å²) in [5, 5.41) is 4.10. The van der Waals surface area contributed by atoms with Crippen LogP contribution in [-0.2, 0) is 0 Å². The Hall–Kier alpha value is -3.14. The average molecular weight is 372 g/mol. The van der Waals surface area contributed by atoms with E-state index in [0.29, 0.717) is 5.56 Å². The Morgan fingerprint density at radius 1 is 1.11 bits per heavy atom. The molecule has 0 bridgehead atoms. The average Bonchev–Trinajstić information content (AvgIpc) is 3.22. The number of anilines is 1. The highest BCUT2D eigenvalue weighted by atomic mass is 16.5. The van der Waals surface area contributed by atoms with Crippen molar-refractivity contribution in [3.05, 3.63) is 71.9 Å². The molecule has 0 saturated heterocycles. The van der Waals surface area contributed by atoms with Crippen LogP contribution >= 0.6 is 0 Å². The van der Waals surface area contributed by atoms with Crippen LogP contribution in [0.1, 0.15) is 49.0 Å². The Morgan fingerprint density at radius 3 is 2.64 bits per heavy atom. The first-order valence-corrected chi connectivity index (χ1v) is 9.77. The van der Waals surface area contributed by atoms with Gasteiger partial charge in [-0.15, -0.1) is 0 Å². The van der Waals surface area contributed by atoms with Crippen molar-refractivity contribution in [2.24, 2.45) is 0 Å². The molecule has 0 fully saturated rings. The first kappa shape index (κ1) is 18.2. The second-order valence-electron chi connectivity index (χ2n) is 7.33. The molecule has 142 valence electrons. The number of carbonyl (C=O) groups excluding carboxylic acids is 1. The van der Waals surface area contributed by atoms with Crippen molar-refractivity contribution in [3.8, 4) is 5.75 Å². The number of rotatable bonds is 5. The van der Waals surface area contributed by atoms with Crippen LogP contribution < -0.4 is 10.1 Å². The summed E-state index contributed by atoms with van der Waals surface area (Å²) in [6, 6.07) is 15.2. The van der Waals surface area contributed by atoms with Crippen LogP contribution in [0.3, 0.4) is 0 Å². The number of ether oxygens (including phenoxy) is 1. The van der Waals surface area contributed by atoms with Crippen molar-refractivity contribution in [1.29, 1.82) is 0 Å². The van der Waals surface area contributed by atoms with Gasteiger partial charge in [-0.2, -0.15) is 0 Å². The zero-order chi connectivity index (χ0) is 19.5. The number of hydrogen-bond donors (Lipinski definition) is 1. The van der Waals surface area contributed by atoms with E-state index in [1.807, 2.05) is 44.3 Å². The van der Waals surface area contributed by atoms with Crippen LogP contribution in [0.5, 0.6) is 5.75 Å². The summed E-state index contributed by atoms with van der Waals surface area (Å²) in [7, 11) is 0. The molecule has 4 heteroatoms. The maximum absolute atomic E-state index is 12.7. The highest BCUT2D eigenvalue weighted by molar-refractivity contribution is 6.09. The smallest absolute Gasteiger partial charge is 0.255 e. The van der Waals surface area contributed by atoms with Gasteiger partial charge in [-0.3, -0.25) is 9.78 Å². The second kappa shape index (κ2) is 7.85. The maximum Gasteiger partial charge on any atom is 0.255 e. The molecule has 0 atom stereocenters. The predicted octanol–water partition coefficient (Wildman–Crippen LogP) is 5.84. The van der Waals surface area contributed by atoms with Crippen LogP contribution in [0.15, 0.2) is 60.8 Å². The summed E-state index contributed by atoms with van der Waals surface area (Å²) in [5.41, 5.74) is 4.72. The van der Waals surface area contributed by atoms with Crippen molar-refractivity contribution >= 4 is 28.1 Å². The van der Waals surface area contributed by atoms with Crippen LogP contribution in [-0.4, -0.2) is 17.0 Å². The van der Waals surface area contributed by atoms with E-state index in [4.69, 9.17) is 4.74 Å². The fourth-order valence-corrected chi connectivity index (χ4v) is 3.62. The quantitative estimate of drug-likeness (QED) is 0.612. The van der Waals surface area contributed by atoms with Gasteiger partial charge >= 0.3 is 0 Å². The molecular weight excluding hydrogens is 348 g/mol. The number of allylic oxidation sites excluding steroid dienone is 2. The molecule has 2 aromatic carbocycles. The van der Waals surface area contributed by atoms with Gasteiger partial charge in [0.1, 0.15) is 5.75 Å². The lowest BCUT2D eigenvalue weighted by Crippen LogP contribution is -2.12. The molecule has 0 radical (unpaired) electrons. The summed E-state index contributed by atoms with van der Waals surface area (Å²) in [5.74, 6) is 0.601. The van der Waals surface area contributed by atoms with Gasteiger partial charge in [0.15, 0.2) is 0 Å². The molecule has 4 nitrogen and oxygen atoms in total. The second-order valence-corrected chi connectivity index (χ2v) is 7.33. The zero-order valence-corrected chi connectivity index (χ0v) is 16.2. The summed E-state index contributed by atoms with van der Waals surface area (Å²) in [6.07, 6.45) is 7.66. The summed E-state index contributed by atoms with van der Waals surface area (Å²) >= 11 is 0. The van der Waals surface area contributed by atoms with Gasteiger partial charge in [0.25, 0.3) is 5.91 Å². The first-order chi connectivity index (χ1) is 13.6. The van der Waals surface area contributed by atoms with Crippen molar-refractivity contribution in [2.75, 3.05) is 5.32 Å². The topological polar surface area (TPSA) is 51.2 Å². The zero-order valence-electron chi connectivity index (χ0n) is 16.2. The van der Waals surface area contributed by atoms with E-state index >= 15 is 0 Å². The van der Waals surface area contributed by atoms with Gasteiger partial charge < -0.3 is 10.1 Å². The number of amides is 1. The van der Waals surface area contributed by atoms with Gasteiger partial charge in [0.2, 0.25) is 0 Å². The lowest BCUT2D eigenvalue weighted by molar-refractivity contribution is 0.102. The van der Waals surface area contributed by atoms with Gasteiger partial charge in [0, 0.05) is 17.1 Å². The molecular formula is C24H24N2O2. The van der Waals surface area contributed by atoms with Crippen molar-refractivity contribution in [3.63, 3.8) is 0 Å². The standard InChI is InChI=1S/C24H24N2O2/c1-16(2)28-19-12-10-18(11-13-19)24(27)26-22-9-5-8-21-20(14-15-25-23(21)22)17-6-3-4-7-17/h5-6,8-16H,3-4,7H2,1-2H3,(H,26,27). The van der Waals surface area contributed by atoms with E-state index in [1.165, 1.54) is 17.6 Å². The van der Waals surface area contributed by atoms with Crippen molar-refractivity contribution in [2.45, 2.75) is 39.2 Å². The number of nitrogens with one attached hydrogen (secondary N) is 1. The Balaban J connectivity index is 1.61. The normalized spacial score (nSPS) is 13.6. The number of benzene rings is 2. The SMILES string of the molecule is CC(C)Oc1ccc(C(=O)Nc2cccc3c(C4=CCCC4)ccnc23)cc1. The molecule has 1 heterocycles. The number of fused-ring (bicyclic) bond motifs is 1. The molecule has 0 spiro atoms. The van der Waals surface area contributed by atoms with Crippen molar-refractivity contribution in [1.82, 2.24) is 4.98 Å². The Bertz CT molecular complexity index is 1040. The van der Waals surface area contributed by atoms with E-state index in [0.717, 1.165) is 35.2 Å². The molecule has 1 N–H and O–H groups in total. The number of nitrogens with zero attached hydrogens (tertiary/aromatic N) is 1. The van der Waals surface area contributed by atoms with E-state index in [1.54, 1.807) is 12.1 Å². The molecule has 0 aliphatic heterocycles. The maximum atomic E-state index is 12.7. The van der Waals surface area contributed by atoms with Gasteiger partial charge in [-0.05, 0) is 80.6 Å². The van der Waals surface area contributed by atoms with Gasteiger partial charge in [-0.1, -0.05) is 18.2 Å². The van der Waals surface area contributed by atoms with Crippen LogP contribution in [0.2, 0.25) is 0 Å². The van der Waals surface area contributed by atoms with Crippen LogP contribution in [0.4, 0.5) is 5.69 Å². The highest BCUT2D eigenvalue weighted by Crippen LogP contribution is 2.34. The third-order valence-corrected chi connectivity index (χ3v) is 4.89. The van der Waals surface area contributed by atoms with E-state index < -0.39 is 0 Å². The number of hydrogen-bond acceptors (Lipinski definition) is 3. The van der Waals surface area contributed by atoms with Crippen LogP contribution in [0.25, 0.3) is 16.5 Å². The minimum atomic E-state index is -0.157. The molecule has 0 saturated carbocycles. The van der Waals surface area contributed by atoms with E-state index in [2.05, 4.69) is 28.5 Å². The molecule has 1 aliphatic rings. The third kappa shape index (κ3) is 3.77. The third-order valence-electron chi connectivity index (χ3n) is 4.89. The summed E-state index contributed by atoms with van der Waals surface area (Å²) in [6.45, 7) is 3.95. The monoisotopic (exact) mass is 372 g/mol. The highest BCUT2D eigenvalue weighted by Gasteiger charge is 2.14. The minimum absolute atomic E-state index is 0.102. The fourth-order valence-electron chi connectivity index (χ4n) is 3.62. The minimum Gasteiger partial charge on any atom is -0.491 e. The van der Waals surface area contributed by atoms with E-state index in [-0.39, 0.29) is 12.0 Å².